The molecule has 16 heavy (non-hydrogen) atoms. The summed E-state index contributed by atoms with van der Waals surface area (Å²) in [5.41, 5.74) is 1.46. The molecule has 1 aromatic rings. The molecule has 0 aliphatic carbocycles. The fraction of sp³-hybridized carbons (Fsp3) is 0.571. The molecule has 0 spiro atoms. The van der Waals surface area contributed by atoms with Crippen LogP contribution < -0.4 is 9.80 Å². The zero-order chi connectivity index (χ0) is 11.8. The molecule has 2 nitrogen and oxygen atoms in total. The lowest BCUT2D eigenvalue weighted by Crippen LogP contribution is -3.18. The molecule has 0 fully saturated rings. The van der Waals surface area contributed by atoms with Crippen molar-refractivity contribution >= 4 is 0 Å². The lowest BCUT2D eigenvalue weighted by molar-refractivity contribution is -0.940. The Morgan fingerprint density at radius 3 is 2.19 bits per heavy atom. The summed E-state index contributed by atoms with van der Waals surface area (Å²) in [6.07, 6.45) is 1.20. The number of hydrogen-bond acceptors (Lipinski definition) is 0. The molecule has 0 aliphatic heterocycles. The largest absolute Gasteiger partial charge is 0.335 e. The van der Waals surface area contributed by atoms with E-state index in [0.717, 1.165) is 0 Å². The van der Waals surface area contributed by atoms with Crippen molar-refractivity contribution in [3.8, 4) is 0 Å². The first-order valence-corrected chi connectivity index (χ1v) is 6.39. The minimum atomic E-state index is 1.20. The van der Waals surface area contributed by atoms with Crippen molar-refractivity contribution < 1.29 is 9.80 Å². The van der Waals surface area contributed by atoms with Crippen LogP contribution in [0, 0.1) is 0 Å². The topological polar surface area (TPSA) is 8.88 Å². The first kappa shape index (κ1) is 13.2. The molecule has 0 amide bonds. The Morgan fingerprint density at radius 1 is 0.938 bits per heavy atom. The van der Waals surface area contributed by atoms with Gasteiger partial charge in [0, 0.05) is 6.42 Å². The molecule has 90 valence electrons. The summed E-state index contributed by atoms with van der Waals surface area (Å²) in [6.45, 7) is 7.32. The van der Waals surface area contributed by atoms with E-state index >= 15 is 0 Å². The van der Waals surface area contributed by atoms with Crippen LogP contribution in [-0.2, 0) is 6.42 Å². The maximum absolute atomic E-state index is 2.28. The van der Waals surface area contributed by atoms with Crippen molar-refractivity contribution in [3.63, 3.8) is 0 Å². The van der Waals surface area contributed by atoms with Crippen molar-refractivity contribution in [2.45, 2.75) is 13.3 Å². The Balaban J connectivity index is 2.28. The monoisotopic (exact) mass is 222 g/mol. The second-order valence-corrected chi connectivity index (χ2v) is 4.80. The van der Waals surface area contributed by atoms with Crippen LogP contribution in [0.2, 0.25) is 0 Å². The molecule has 1 atom stereocenters. The molecule has 2 N–H and O–H groups in total. The summed E-state index contributed by atoms with van der Waals surface area (Å²) in [4.78, 5) is 3.26. The van der Waals surface area contributed by atoms with Crippen molar-refractivity contribution in [2.24, 2.45) is 0 Å². The van der Waals surface area contributed by atoms with Gasteiger partial charge in [0.25, 0.3) is 0 Å². The van der Waals surface area contributed by atoms with Crippen LogP contribution in [0.3, 0.4) is 0 Å². The Hall–Kier alpha value is -0.860. The molecular weight excluding hydrogens is 196 g/mol. The van der Waals surface area contributed by atoms with Gasteiger partial charge in [0.05, 0.1) is 27.2 Å². The Kier molecular flexibility index (Phi) is 6.12. The third-order valence-corrected chi connectivity index (χ3v) is 3.09. The molecule has 1 unspecified atom stereocenters. The van der Waals surface area contributed by atoms with Gasteiger partial charge in [0.15, 0.2) is 0 Å². The lowest BCUT2D eigenvalue weighted by Gasteiger charge is -2.18. The maximum atomic E-state index is 2.28. The van der Waals surface area contributed by atoms with Gasteiger partial charge in [-0.1, -0.05) is 30.3 Å². The number of nitrogens with one attached hydrogen (secondary N) is 2. The maximum Gasteiger partial charge on any atom is 0.127 e. The first-order valence-electron chi connectivity index (χ1n) is 6.39. The van der Waals surface area contributed by atoms with Crippen LogP contribution >= 0.6 is 0 Å². The summed E-state index contributed by atoms with van der Waals surface area (Å²) in [7, 11) is 4.45. The van der Waals surface area contributed by atoms with Crippen LogP contribution in [0.25, 0.3) is 0 Å². The average molecular weight is 222 g/mol. The van der Waals surface area contributed by atoms with E-state index in [9.17, 15) is 0 Å². The molecule has 0 aliphatic rings. The molecular formula is C14H26N2+2. The average Bonchev–Trinajstić information content (AvgIpc) is 2.30. The molecule has 2 heteroatoms. The summed E-state index contributed by atoms with van der Waals surface area (Å²) in [5.74, 6) is 0. The van der Waals surface area contributed by atoms with Crippen LogP contribution in [0.1, 0.15) is 12.5 Å². The minimum absolute atomic E-state index is 1.20. The zero-order valence-electron chi connectivity index (χ0n) is 10.9. The van der Waals surface area contributed by atoms with Crippen LogP contribution in [-0.4, -0.2) is 40.3 Å². The molecule has 0 saturated heterocycles. The summed E-state index contributed by atoms with van der Waals surface area (Å²) >= 11 is 0. The van der Waals surface area contributed by atoms with Gasteiger partial charge in [-0.3, -0.25) is 0 Å². The lowest BCUT2D eigenvalue weighted by atomic mass is 10.1. The van der Waals surface area contributed by atoms with Gasteiger partial charge in [-0.05, 0) is 12.5 Å². The second-order valence-electron chi connectivity index (χ2n) is 4.80. The number of hydrogen-bond donors (Lipinski definition) is 2. The number of rotatable bonds is 7. The smallest absolute Gasteiger partial charge is 0.127 e. The molecule has 0 aromatic heterocycles. The van der Waals surface area contributed by atoms with Gasteiger partial charge in [-0.2, -0.15) is 0 Å². The van der Waals surface area contributed by atoms with Gasteiger partial charge < -0.3 is 9.80 Å². The predicted molar refractivity (Wildman–Crippen MR) is 69.1 cm³/mol. The normalized spacial score (nSPS) is 13.0. The minimum Gasteiger partial charge on any atom is -0.335 e. The summed E-state index contributed by atoms with van der Waals surface area (Å²) in [6, 6.07) is 10.8. The van der Waals surface area contributed by atoms with E-state index < -0.39 is 0 Å². The third-order valence-electron chi connectivity index (χ3n) is 3.09. The highest BCUT2D eigenvalue weighted by Gasteiger charge is 2.07. The number of benzene rings is 1. The molecule has 1 rings (SSSR count). The second kappa shape index (κ2) is 7.42. The van der Waals surface area contributed by atoms with Crippen molar-refractivity contribution in [2.75, 3.05) is 40.3 Å². The quantitative estimate of drug-likeness (QED) is 0.602. The SMILES string of the molecule is CC[NH+](CCc1ccccc1)CC[NH+](C)C. The van der Waals surface area contributed by atoms with Crippen LogP contribution in [0.4, 0.5) is 0 Å². The fourth-order valence-corrected chi connectivity index (χ4v) is 1.87. The fourth-order valence-electron chi connectivity index (χ4n) is 1.87. The van der Waals surface area contributed by atoms with E-state index in [1.165, 1.54) is 38.2 Å². The first-order chi connectivity index (χ1) is 7.72. The van der Waals surface area contributed by atoms with Gasteiger partial charge in [-0.25, -0.2) is 0 Å². The summed E-state index contributed by atoms with van der Waals surface area (Å²) < 4.78 is 0. The highest BCUT2D eigenvalue weighted by Crippen LogP contribution is 1.97. The van der Waals surface area contributed by atoms with Crippen molar-refractivity contribution in [1.29, 1.82) is 0 Å². The molecule has 1 aromatic carbocycles. The molecule has 0 saturated carbocycles. The van der Waals surface area contributed by atoms with Gasteiger partial charge in [-0.15, -0.1) is 0 Å². The van der Waals surface area contributed by atoms with E-state index in [4.69, 9.17) is 0 Å². The molecule has 0 heterocycles. The van der Waals surface area contributed by atoms with Gasteiger partial charge in [0.2, 0.25) is 0 Å². The number of quaternary nitrogens is 2. The Morgan fingerprint density at radius 2 is 1.62 bits per heavy atom. The van der Waals surface area contributed by atoms with Crippen molar-refractivity contribution in [1.82, 2.24) is 0 Å². The zero-order valence-corrected chi connectivity index (χ0v) is 10.9. The van der Waals surface area contributed by atoms with Crippen molar-refractivity contribution in [3.05, 3.63) is 35.9 Å². The van der Waals surface area contributed by atoms with Gasteiger partial charge in [0.1, 0.15) is 13.1 Å². The Bertz CT molecular complexity index is 269. The number of likely N-dealkylation sites (N-methyl/N-ethyl adjacent to an activating group) is 2. The highest BCUT2D eigenvalue weighted by atomic mass is 15.2. The third kappa shape index (κ3) is 5.29. The van der Waals surface area contributed by atoms with E-state index in [-0.39, 0.29) is 0 Å². The molecule has 0 radical (unpaired) electrons. The predicted octanol–water partition coefficient (Wildman–Crippen LogP) is -0.722. The molecule has 0 bridgehead atoms. The van der Waals surface area contributed by atoms with E-state index in [1.807, 2.05) is 0 Å². The van der Waals surface area contributed by atoms with Crippen LogP contribution in [0.5, 0.6) is 0 Å². The standard InChI is InChI=1S/C14H24N2/c1-4-16(13-12-15(2)3)11-10-14-8-6-5-7-9-14/h5-9H,4,10-13H2,1-3H3/p+2. The van der Waals surface area contributed by atoms with E-state index in [1.54, 1.807) is 9.80 Å². The van der Waals surface area contributed by atoms with Crippen LogP contribution in [0.15, 0.2) is 30.3 Å². The van der Waals surface area contributed by atoms with Gasteiger partial charge >= 0.3 is 0 Å². The van der Waals surface area contributed by atoms with E-state index in [2.05, 4.69) is 51.4 Å². The highest BCUT2D eigenvalue weighted by molar-refractivity contribution is 5.14. The van der Waals surface area contributed by atoms with E-state index in [0.29, 0.717) is 0 Å². The summed E-state index contributed by atoms with van der Waals surface area (Å²) in [5, 5.41) is 0. The Labute approximate surface area is 99.9 Å².